The van der Waals surface area contributed by atoms with Crippen LogP contribution in [0.3, 0.4) is 0 Å². The maximum absolute atomic E-state index is 5.89. The van der Waals surface area contributed by atoms with E-state index in [4.69, 9.17) is 9.73 Å². The SMILES string of the molecule is CCCOc1cc(C)ccc1CN=C(NCC)NCCCn1cc(C)cn1. The molecule has 2 N–H and O–H groups in total. The van der Waals surface area contributed by atoms with Gasteiger partial charge in [-0.3, -0.25) is 4.68 Å². The standard InChI is InChI=1S/C21H33N5O/c1-5-12-27-20-13-17(3)8-9-19(20)15-24-21(22-6-2)23-10-7-11-26-16-18(4)14-25-26/h8-9,13-14,16H,5-7,10-12,15H2,1-4H3,(H2,22,23,24). The number of ether oxygens (including phenoxy) is 1. The van der Waals surface area contributed by atoms with Gasteiger partial charge in [-0.2, -0.15) is 5.10 Å². The Kier molecular flexibility index (Phi) is 8.68. The highest BCUT2D eigenvalue weighted by atomic mass is 16.5. The molecule has 2 rings (SSSR count). The third-order valence-corrected chi connectivity index (χ3v) is 4.05. The third-order valence-electron chi connectivity index (χ3n) is 4.05. The highest BCUT2D eigenvalue weighted by Crippen LogP contribution is 2.21. The fourth-order valence-corrected chi connectivity index (χ4v) is 2.68. The summed E-state index contributed by atoms with van der Waals surface area (Å²) in [5.74, 6) is 1.77. The highest BCUT2D eigenvalue weighted by Gasteiger charge is 2.05. The minimum Gasteiger partial charge on any atom is -0.493 e. The molecule has 0 radical (unpaired) electrons. The van der Waals surface area contributed by atoms with E-state index in [2.05, 4.69) is 67.8 Å². The van der Waals surface area contributed by atoms with Crippen LogP contribution in [-0.2, 0) is 13.1 Å². The van der Waals surface area contributed by atoms with Crippen molar-refractivity contribution in [2.24, 2.45) is 4.99 Å². The van der Waals surface area contributed by atoms with Gasteiger partial charge < -0.3 is 15.4 Å². The molecular formula is C21H33N5O. The van der Waals surface area contributed by atoms with Crippen molar-refractivity contribution in [2.45, 2.75) is 53.6 Å². The van der Waals surface area contributed by atoms with Gasteiger partial charge in [0.1, 0.15) is 5.75 Å². The summed E-state index contributed by atoms with van der Waals surface area (Å²) >= 11 is 0. The number of hydrogen-bond acceptors (Lipinski definition) is 3. The van der Waals surface area contributed by atoms with Gasteiger partial charge in [-0.25, -0.2) is 4.99 Å². The molecular weight excluding hydrogens is 338 g/mol. The van der Waals surface area contributed by atoms with Crippen molar-refractivity contribution in [2.75, 3.05) is 19.7 Å². The van der Waals surface area contributed by atoms with Crippen molar-refractivity contribution in [1.29, 1.82) is 0 Å². The largest absolute Gasteiger partial charge is 0.493 e. The quantitative estimate of drug-likeness (QED) is 0.381. The zero-order valence-electron chi connectivity index (χ0n) is 17.1. The Bertz CT molecular complexity index is 723. The van der Waals surface area contributed by atoms with E-state index in [0.717, 1.165) is 56.4 Å². The molecule has 148 valence electrons. The molecule has 1 heterocycles. The summed E-state index contributed by atoms with van der Waals surface area (Å²) < 4.78 is 7.87. The zero-order valence-corrected chi connectivity index (χ0v) is 17.1. The van der Waals surface area contributed by atoms with Gasteiger partial charge in [0, 0.05) is 31.4 Å². The number of hydrogen-bond donors (Lipinski definition) is 2. The van der Waals surface area contributed by atoms with E-state index in [0.29, 0.717) is 6.54 Å². The Morgan fingerprint density at radius 1 is 1.19 bits per heavy atom. The topological polar surface area (TPSA) is 63.5 Å². The van der Waals surface area contributed by atoms with Crippen molar-refractivity contribution in [3.63, 3.8) is 0 Å². The van der Waals surface area contributed by atoms with Crippen LogP contribution in [0.1, 0.15) is 43.4 Å². The Balaban J connectivity index is 1.90. The van der Waals surface area contributed by atoms with Crippen LogP contribution >= 0.6 is 0 Å². The average molecular weight is 372 g/mol. The second kappa shape index (κ2) is 11.3. The summed E-state index contributed by atoms with van der Waals surface area (Å²) in [4.78, 5) is 4.72. The monoisotopic (exact) mass is 371 g/mol. The van der Waals surface area contributed by atoms with Crippen molar-refractivity contribution in [3.8, 4) is 5.75 Å². The number of guanidine groups is 1. The van der Waals surface area contributed by atoms with Gasteiger partial charge in [0.25, 0.3) is 0 Å². The Morgan fingerprint density at radius 2 is 2.04 bits per heavy atom. The van der Waals surface area contributed by atoms with Crippen molar-refractivity contribution < 1.29 is 4.74 Å². The first-order valence-corrected chi connectivity index (χ1v) is 9.86. The van der Waals surface area contributed by atoms with Crippen LogP contribution in [0.5, 0.6) is 5.75 Å². The number of aryl methyl sites for hydroxylation is 3. The minimum absolute atomic E-state index is 0.590. The first-order valence-electron chi connectivity index (χ1n) is 9.86. The van der Waals surface area contributed by atoms with Gasteiger partial charge in [0.15, 0.2) is 5.96 Å². The van der Waals surface area contributed by atoms with E-state index >= 15 is 0 Å². The van der Waals surface area contributed by atoms with Gasteiger partial charge in [-0.05, 0) is 50.8 Å². The number of aromatic nitrogens is 2. The van der Waals surface area contributed by atoms with Gasteiger partial charge in [0.05, 0.1) is 19.3 Å². The zero-order chi connectivity index (χ0) is 19.5. The van der Waals surface area contributed by atoms with E-state index in [1.807, 2.05) is 10.9 Å². The molecule has 0 amide bonds. The summed E-state index contributed by atoms with van der Waals surface area (Å²) in [6.45, 7) is 12.2. The molecule has 0 aliphatic heterocycles. The maximum Gasteiger partial charge on any atom is 0.191 e. The molecule has 0 aliphatic rings. The molecule has 0 bridgehead atoms. The summed E-state index contributed by atoms with van der Waals surface area (Å²) in [5, 5.41) is 11.0. The van der Waals surface area contributed by atoms with Crippen LogP contribution in [-0.4, -0.2) is 35.4 Å². The fraction of sp³-hybridized carbons (Fsp3) is 0.524. The van der Waals surface area contributed by atoms with E-state index in [1.54, 1.807) is 0 Å². The molecule has 1 aromatic carbocycles. The predicted molar refractivity (Wildman–Crippen MR) is 111 cm³/mol. The molecule has 2 aromatic rings. The molecule has 0 fully saturated rings. The molecule has 0 spiro atoms. The van der Waals surface area contributed by atoms with Crippen molar-refractivity contribution >= 4 is 5.96 Å². The highest BCUT2D eigenvalue weighted by molar-refractivity contribution is 5.79. The smallest absolute Gasteiger partial charge is 0.191 e. The number of benzene rings is 1. The van der Waals surface area contributed by atoms with Gasteiger partial charge in [0.2, 0.25) is 0 Å². The third kappa shape index (κ3) is 7.33. The number of aliphatic imine (C=N–C) groups is 1. The van der Waals surface area contributed by atoms with Crippen LogP contribution in [0.25, 0.3) is 0 Å². The number of rotatable bonds is 10. The van der Waals surface area contributed by atoms with Crippen LogP contribution < -0.4 is 15.4 Å². The minimum atomic E-state index is 0.590. The van der Waals surface area contributed by atoms with E-state index in [-0.39, 0.29) is 0 Å². The summed E-state index contributed by atoms with van der Waals surface area (Å²) in [6, 6.07) is 6.30. The first-order chi connectivity index (χ1) is 13.1. The Hall–Kier alpha value is -2.50. The van der Waals surface area contributed by atoms with Gasteiger partial charge in [-0.1, -0.05) is 19.1 Å². The first kappa shape index (κ1) is 20.8. The second-order valence-corrected chi connectivity index (χ2v) is 6.72. The molecule has 6 heteroatoms. The van der Waals surface area contributed by atoms with Crippen molar-refractivity contribution in [3.05, 3.63) is 47.3 Å². The van der Waals surface area contributed by atoms with Gasteiger partial charge in [-0.15, -0.1) is 0 Å². The van der Waals surface area contributed by atoms with Crippen LogP contribution in [0.2, 0.25) is 0 Å². The summed E-state index contributed by atoms with van der Waals surface area (Å²) in [5.41, 5.74) is 3.50. The predicted octanol–water partition coefficient (Wildman–Crippen LogP) is 3.43. The van der Waals surface area contributed by atoms with E-state index in [9.17, 15) is 0 Å². The molecule has 0 aliphatic carbocycles. The van der Waals surface area contributed by atoms with Crippen LogP contribution in [0.15, 0.2) is 35.6 Å². The molecule has 0 saturated carbocycles. The molecule has 6 nitrogen and oxygen atoms in total. The van der Waals surface area contributed by atoms with Gasteiger partial charge >= 0.3 is 0 Å². The molecule has 1 aromatic heterocycles. The van der Waals surface area contributed by atoms with Crippen molar-refractivity contribution in [1.82, 2.24) is 20.4 Å². The van der Waals surface area contributed by atoms with E-state index < -0.39 is 0 Å². The van der Waals surface area contributed by atoms with Crippen LogP contribution in [0, 0.1) is 13.8 Å². The number of nitrogens with zero attached hydrogens (tertiary/aromatic N) is 3. The lowest BCUT2D eigenvalue weighted by atomic mass is 10.1. The molecule has 0 atom stereocenters. The number of nitrogens with one attached hydrogen (secondary N) is 2. The van der Waals surface area contributed by atoms with E-state index in [1.165, 1.54) is 11.1 Å². The normalized spacial score (nSPS) is 11.5. The summed E-state index contributed by atoms with van der Waals surface area (Å²) in [7, 11) is 0. The lowest BCUT2D eigenvalue weighted by Crippen LogP contribution is -2.38. The molecule has 27 heavy (non-hydrogen) atoms. The van der Waals surface area contributed by atoms with Crippen LogP contribution in [0.4, 0.5) is 0 Å². The lowest BCUT2D eigenvalue weighted by Gasteiger charge is -2.13. The lowest BCUT2D eigenvalue weighted by molar-refractivity contribution is 0.314. The maximum atomic E-state index is 5.89. The second-order valence-electron chi connectivity index (χ2n) is 6.72. The molecule has 0 saturated heterocycles. The summed E-state index contributed by atoms with van der Waals surface area (Å²) in [6.07, 6.45) is 5.94. The Morgan fingerprint density at radius 3 is 2.74 bits per heavy atom. The molecule has 0 unspecified atom stereocenters. The fourth-order valence-electron chi connectivity index (χ4n) is 2.68. The average Bonchev–Trinajstić information content (AvgIpc) is 3.07. The Labute approximate surface area is 163 Å².